The average molecular weight is 264 g/mol. The first-order valence-electron chi connectivity index (χ1n) is 6.36. The van der Waals surface area contributed by atoms with Crippen molar-refractivity contribution in [1.29, 1.82) is 0 Å². The molecule has 1 heterocycles. The zero-order chi connectivity index (χ0) is 12.9. The monoisotopic (exact) mass is 263 g/mol. The van der Waals surface area contributed by atoms with Crippen molar-refractivity contribution in [2.24, 2.45) is 5.41 Å². The van der Waals surface area contributed by atoms with Crippen LogP contribution < -0.4 is 0 Å². The third kappa shape index (κ3) is 1.94. The molecule has 3 rings (SSSR count). The first-order chi connectivity index (χ1) is 8.49. The third-order valence-electron chi connectivity index (χ3n) is 3.96. The van der Waals surface area contributed by atoms with Crippen LogP contribution in [0.3, 0.4) is 0 Å². The number of benzene rings is 1. The summed E-state index contributed by atoms with van der Waals surface area (Å²) in [5.41, 5.74) is 2.79. The Balaban J connectivity index is 1.88. The minimum atomic E-state index is 0.0547. The van der Waals surface area contributed by atoms with E-state index in [1.807, 2.05) is 5.06 Å². The summed E-state index contributed by atoms with van der Waals surface area (Å²) >= 11 is 6.31. The zero-order valence-electron chi connectivity index (χ0n) is 11.0. The van der Waals surface area contributed by atoms with Gasteiger partial charge in [-0.2, -0.15) is 0 Å². The van der Waals surface area contributed by atoms with Gasteiger partial charge in [-0.1, -0.05) is 55.3 Å². The molecule has 0 spiro atoms. The molecule has 96 valence electrons. The Kier molecular flexibility index (Phi) is 2.68. The van der Waals surface area contributed by atoms with E-state index in [-0.39, 0.29) is 6.04 Å². The lowest BCUT2D eigenvalue weighted by atomic mass is 10.0. The summed E-state index contributed by atoms with van der Waals surface area (Å²) in [6.45, 7) is 6.62. The molecule has 1 aromatic rings. The summed E-state index contributed by atoms with van der Waals surface area (Å²) in [7, 11) is 0. The molecule has 0 radical (unpaired) electrons. The second-order valence-corrected chi connectivity index (χ2v) is 6.43. The molecule has 2 nitrogen and oxygen atoms in total. The maximum atomic E-state index is 6.31. The van der Waals surface area contributed by atoms with Gasteiger partial charge in [-0.3, -0.25) is 0 Å². The van der Waals surface area contributed by atoms with E-state index >= 15 is 0 Å². The van der Waals surface area contributed by atoms with Gasteiger partial charge in [0, 0.05) is 0 Å². The number of nitrogens with zero attached hydrogens (tertiary/aromatic N) is 1. The van der Waals surface area contributed by atoms with Crippen molar-refractivity contribution in [3.05, 3.63) is 46.7 Å². The quantitative estimate of drug-likeness (QED) is 0.794. The second kappa shape index (κ2) is 4.01. The van der Waals surface area contributed by atoms with E-state index in [0.29, 0.717) is 11.5 Å². The zero-order valence-corrected chi connectivity index (χ0v) is 11.7. The number of halogens is 1. The minimum absolute atomic E-state index is 0.0547. The van der Waals surface area contributed by atoms with Crippen molar-refractivity contribution >= 4 is 11.6 Å². The van der Waals surface area contributed by atoms with Crippen LogP contribution >= 0.6 is 11.6 Å². The Morgan fingerprint density at radius 3 is 2.44 bits per heavy atom. The van der Waals surface area contributed by atoms with Crippen LogP contribution in [0.5, 0.6) is 0 Å². The molecule has 2 unspecified atom stereocenters. The van der Waals surface area contributed by atoms with Gasteiger partial charge in [0.2, 0.25) is 0 Å². The molecule has 2 aliphatic rings. The second-order valence-electron chi connectivity index (χ2n) is 5.99. The number of hydrogen-bond acceptors (Lipinski definition) is 2. The topological polar surface area (TPSA) is 12.5 Å². The molecular weight excluding hydrogens is 246 g/mol. The van der Waals surface area contributed by atoms with Crippen LogP contribution in [-0.4, -0.2) is 11.1 Å². The predicted molar refractivity (Wildman–Crippen MR) is 73.0 cm³/mol. The summed E-state index contributed by atoms with van der Waals surface area (Å²) in [6, 6.07) is 9.01. The fourth-order valence-electron chi connectivity index (χ4n) is 2.54. The van der Waals surface area contributed by atoms with E-state index in [1.165, 1.54) is 11.1 Å². The van der Waals surface area contributed by atoms with Gasteiger partial charge in [0.25, 0.3) is 0 Å². The fraction of sp³-hybridized carbons (Fsp3) is 0.467. The van der Waals surface area contributed by atoms with Crippen molar-refractivity contribution in [2.75, 3.05) is 0 Å². The highest BCUT2D eigenvalue weighted by Crippen LogP contribution is 2.54. The Morgan fingerprint density at radius 2 is 1.89 bits per heavy atom. The molecule has 2 atom stereocenters. The highest BCUT2D eigenvalue weighted by atomic mass is 35.5. The van der Waals surface area contributed by atoms with Gasteiger partial charge < -0.3 is 4.84 Å². The van der Waals surface area contributed by atoms with Crippen LogP contribution in [0, 0.1) is 12.3 Å². The highest BCUT2D eigenvalue weighted by Gasteiger charge is 2.54. The van der Waals surface area contributed by atoms with Gasteiger partial charge in [-0.25, -0.2) is 0 Å². The van der Waals surface area contributed by atoms with Crippen LogP contribution in [0.4, 0.5) is 0 Å². The maximum absolute atomic E-state index is 6.31. The van der Waals surface area contributed by atoms with Gasteiger partial charge in [0.05, 0.1) is 11.1 Å². The lowest BCUT2D eigenvalue weighted by molar-refractivity contribution is -0.121. The Bertz CT molecular complexity index is 492. The molecule has 0 bridgehead atoms. The van der Waals surface area contributed by atoms with Crippen molar-refractivity contribution in [3.63, 3.8) is 0 Å². The van der Waals surface area contributed by atoms with E-state index < -0.39 is 0 Å². The maximum Gasteiger partial charge on any atom is 0.128 e. The summed E-state index contributed by atoms with van der Waals surface area (Å²) in [5, 5.41) is 2.81. The number of rotatable bonds is 2. The molecule has 1 aliphatic carbocycles. The predicted octanol–water partition coefficient (Wildman–Crippen LogP) is 4.16. The number of aryl methyl sites for hydroxylation is 1. The van der Waals surface area contributed by atoms with Gasteiger partial charge in [0.15, 0.2) is 0 Å². The molecule has 0 aromatic heterocycles. The third-order valence-corrected chi connectivity index (χ3v) is 4.26. The van der Waals surface area contributed by atoms with Crippen molar-refractivity contribution in [2.45, 2.75) is 39.3 Å². The normalized spacial score (nSPS) is 29.9. The molecule has 1 saturated carbocycles. The summed E-state index contributed by atoms with van der Waals surface area (Å²) < 4.78 is 0. The smallest absolute Gasteiger partial charge is 0.128 e. The number of hydrogen-bond donors (Lipinski definition) is 0. The van der Waals surface area contributed by atoms with Crippen LogP contribution in [0.2, 0.25) is 0 Å². The molecule has 18 heavy (non-hydrogen) atoms. The first kappa shape index (κ1) is 12.1. The molecule has 0 N–H and O–H groups in total. The Hall–Kier alpha value is -0.990. The SMILES string of the molecule is Cc1ccc(C2C(Cl)=CON2C2CC2(C)C)cc1. The van der Waals surface area contributed by atoms with E-state index in [0.717, 1.165) is 11.5 Å². The molecular formula is C15H18ClNO. The largest absolute Gasteiger partial charge is 0.411 e. The van der Waals surface area contributed by atoms with Crippen molar-refractivity contribution in [3.8, 4) is 0 Å². The fourth-order valence-corrected chi connectivity index (χ4v) is 2.80. The van der Waals surface area contributed by atoms with E-state index in [1.54, 1.807) is 6.26 Å². The lowest BCUT2D eigenvalue weighted by Gasteiger charge is -2.25. The molecule has 0 amide bonds. The first-order valence-corrected chi connectivity index (χ1v) is 6.74. The standard InChI is InChI=1S/C15H18ClNO/c1-10-4-6-11(7-5-10)14-12(16)9-18-17(14)13-8-15(13,2)3/h4-7,9,13-14H,8H2,1-3H3. The van der Waals surface area contributed by atoms with E-state index in [4.69, 9.17) is 16.4 Å². The van der Waals surface area contributed by atoms with Gasteiger partial charge in [-0.15, -0.1) is 5.06 Å². The van der Waals surface area contributed by atoms with Gasteiger partial charge in [-0.05, 0) is 24.3 Å². The highest BCUT2D eigenvalue weighted by molar-refractivity contribution is 6.30. The van der Waals surface area contributed by atoms with Crippen LogP contribution in [0.15, 0.2) is 35.6 Å². The average Bonchev–Trinajstić information content (AvgIpc) is 2.78. The summed E-state index contributed by atoms with van der Waals surface area (Å²) in [6.07, 6.45) is 2.83. The van der Waals surface area contributed by atoms with Crippen molar-refractivity contribution in [1.82, 2.24) is 5.06 Å². The van der Waals surface area contributed by atoms with Gasteiger partial charge in [0.1, 0.15) is 12.3 Å². The minimum Gasteiger partial charge on any atom is -0.411 e. The van der Waals surface area contributed by atoms with Gasteiger partial charge >= 0.3 is 0 Å². The molecule has 0 saturated heterocycles. The van der Waals surface area contributed by atoms with Crippen LogP contribution in [0.25, 0.3) is 0 Å². The molecule has 1 fully saturated rings. The Labute approximate surface area is 113 Å². The lowest BCUT2D eigenvalue weighted by Crippen LogP contribution is -2.28. The molecule has 1 aliphatic heterocycles. The molecule has 1 aromatic carbocycles. The van der Waals surface area contributed by atoms with Crippen LogP contribution in [0.1, 0.15) is 37.4 Å². The Morgan fingerprint density at radius 1 is 1.28 bits per heavy atom. The number of hydroxylamine groups is 2. The van der Waals surface area contributed by atoms with Crippen molar-refractivity contribution < 1.29 is 4.84 Å². The van der Waals surface area contributed by atoms with E-state index in [2.05, 4.69) is 45.0 Å². The summed E-state index contributed by atoms with van der Waals surface area (Å²) in [4.78, 5) is 5.66. The molecule has 3 heteroatoms. The van der Waals surface area contributed by atoms with E-state index in [9.17, 15) is 0 Å². The van der Waals surface area contributed by atoms with Crippen LogP contribution in [-0.2, 0) is 4.84 Å². The summed E-state index contributed by atoms with van der Waals surface area (Å²) in [5.74, 6) is 0.